The highest BCUT2D eigenvalue weighted by molar-refractivity contribution is 7.10. The van der Waals surface area contributed by atoms with Gasteiger partial charge in [-0.05, 0) is 19.1 Å². The third-order valence-corrected chi connectivity index (χ3v) is 3.05. The van der Waals surface area contributed by atoms with E-state index in [2.05, 4.69) is 10.4 Å². The van der Waals surface area contributed by atoms with Gasteiger partial charge in [0.25, 0.3) is 0 Å². The van der Waals surface area contributed by atoms with E-state index in [1.54, 1.807) is 16.9 Å². The minimum atomic E-state index is -0.145. The Morgan fingerprint density at radius 3 is 2.75 bits per heavy atom. The molecule has 0 amide bonds. The monoisotopic (exact) mass is 261 g/mol. The van der Waals surface area contributed by atoms with Gasteiger partial charge in [-0.2, -0.15) is 9.49 Å². The Hall–Kier alpha value is -1.07. The molecule has 2 rings (SSSR count). The van der Waals surface area contributed by atoms with E-state index in [0.29, 0.717) is 6.54 Å². The molecular weight excluding hydrogens is 249 g/mol. The molecule has 0 unspecified atom stereocenters. The molecule has 0 bridgehead atoms. The maximum absolute atomic E-state index is 12.7. The summed E-state index contributed by atoms with van der Waals surface area (Å²) in [7, 11) is 1.88. The number of nitrogens with one attached hydrogen (secondary N) is 1. The van der Waals surface area contributed by atoms with Gasteiger partial charge in [-0.25, -0.2) is 0 Å². The van der Waals surface area contributed by atoms with Crippen LogP contribution in [0.25, 0.3) is 0 Å². The molecule has 2 aromatic heterocycles. The van der Waals surface area contributed by atoms with Crippen molar-refractivity contribution in [1.29, 1.82) is 0 Å². The lowest BCUT2D eigenvalue weighted by atomic mass is 10.3. The van der Waals surface area contributed by atoms with Gasteiger partial charge in [0, 0.05) is 17.5 Å². The van der Waals surface area contributed by atoms with Crippen LogP contribution in [-0.2, 0) is 13.6 Å². The summed E-state index contributed by atoms with van der Waals surface area (Å²) in [5.41, 5.74) is 1.09. The summed E-state index contributed by atoms with van der Waals surface area (Å²) in [5.74, 6) is 0.976. The lowest BCUT2D eigenvalue weighted by Crippen LogP contribution is -2.04. The van der Waals surface area contributed by atoms with Crippen molar-refractivity contribution in [1.82, 2.24) is 9.78 Å². The number of anilines is 1. The van der Waals surface area contributed by atoms with Gasteiger partial charge < -0.3 is 5.32 Å². The Morgan fingerprint density at radius 1 is 1.50 bits per heavy atom. The van der Waals surface area contributed by atoms with E-state index in [1.807, 2.05) is 14.0 Å². The minimum Gasteiger partial charge on any atom is -0.365 e. The van der Waals surface area contributed by atoms with E-state index >= 15 is 0 Å². The van der Waals surface area contributed by atoms with E-state index < -0.39 is 0 Å². The number of rotatable bonds is 3. The normalized spacial score (nSPS) is 9.94. The molecule has 88 valence electrons. The average Bonchev–Trinajstić information content (AvgIpc) is 2.73. The molecule has 0 aliphatic carbocycles. The molecule has 0 radical (unpaired) electrons. The van der Waals surface area contributed by atoms with Crippen LogP contribution in [0.3, 0.4) is 0 Å². The summed E-state index contributed by atoms with van der Waals surface area (Å²) >= 11 is 1.16. The molecule has 0 saturated heterocycles. The van der Waals surface area contributed by atoms with Crippen LogP contribution in [0, 0.1) is 12.1 Å². The highest BCUT2D eigenvalue weighted by atomic mass is 35.5. The molecule has 3 nitrogen and oxygen atoms in total. The van der Waals surface area contributed by atoms with Crippen molar-refractivity contribution in [3.05, 3.63) is 33.9 Å². The molecule has 0 aliphatic heterocycles. The zero-order valence-corrected chi connectivity index (χ0v) is 10.7. The third kappa shape index (κ3) is 2.74. The summed E-state index contributed by atoms with van der Waals surface area (Å²) in [6.45, 7) is 2.62. The minimum absolute atomic E-state index is 0. The van der Waals surface area contributed by atoms with Crippen molar-refractivity contribution in [3.63, 3.8) is 0 Å². The number of hydrogen-bond donors (Lipinski definition) is 1. The highest BCUT2D eigenvalue weighted by Gasteiger charge is 2.04. The van der Waals surface area contributed by atoms with Gasteiger partial charge in [0.2, 0.25) is 0 Å². The van der Waals surface area contributed by atoms with Gasteiger partial charge in [0.15, 0.2) is 5.13 Å². The molecular formula is C10H13ClFN3S. The van der Waals surface area contributed by atoms with Crippen LogP contribution >= 0.6 is 23.7 Å². The molecule has 2 heterocycles. The first kappa shape index (κ1) is 13.0. The Morgan fingerprint density at radius 2 is 2.25 bits per heavy atom. The fraction of sp³-hybridized carbons (Fsp3) is 0.300. The molecule has 0 aliphatic rings. The van der Waals surface area contributed by atoms with Crippen LogP contribution < -0.4 is 5.32 Å². The Bertz CT molecular complexity index is 447. The van der Waals surface area contributed by atoms with Gasteiger partial charge in [-0.15, -0.1) is 23.7 Å². The first-order chi connectivity index (χ1) is 7.16. The lowest BCUT2D eigenvalue weighted by molar-refractivity contribution is 0.657. The SMILES string of the molecule is Cc1cnn(C)c1NCc1ccc(F)s1.Cl. The first-order valence-electron chi connectivity index (χ1n) is 4.63. The summed E-state index contributed by atoms with van der Waals surface area (Å²) < 4.78 is 14.5. The maximum atomic E-state index is 12.7. The molecule has 2 aromatic rings. The molecule has 0 spiro atoms. The zero-order valence-electron chi connectivity index (χ0n) is 9.03. The van der Waals surface area contributed by atoms with Gasteiger partial charge in [-0.3, -0.25) is 4.68 Å². The quantitative estimate of drug-likeness (QED) is 0.921. The van der Waals surface area contributed by atoms with Crippen LogP contribution in [0.2, 0.25) is 0 Å². The predicted molar refractivity (Wildman–Crippen MR) is 66.8 cm³/mol. The van der Waals surface area contributed by atoms with E-state index in [1.165, 1.54) is 6.07 Å². The predicted octanol–water partition coefficient (Wildman–Crippen LogP) is 2.96. The largest absolute Gasteiger partial charge is 0.365 e. The summed E-state index contributed by atoms with van der Waals surface area (Å²) in [4.78, 5) is 0.980. The van der Waals surface area contributed by atoms with Crippen LogP contribution in [0.5, 0.6) is 0 Å². The summed E-state index contributed by atoms with van der Waals surface area (Å²) in [6, 6.07) is 3.27. The van der Waals surface area contributed by atoms with Crippen LogP contribution in [0.1, 0.15) is 10.4 Å². The number of halogens is 2. The van der Waals surface area contributed by atoms with E-state index in [4.69, 9.17) is 0 Å². The van der Waals surface area contributed by atoms with Crippen molar-refractivity contribution in [2.45, 2.75) is 13.5 Å². The summed E-state index contributed by atoms with van der Waals surface area (Å²) in [5, 5.41) is 7.21. The van der Waals surface area contributed by atoms with Gasteiger partial charge >= 0.3 is 0 Å². The maximum Gasteiger partial charge on any atom is 0.176 e. The number of aromatic nitrogens is 2. The molecule has 1 N–H and O–H groups in total. The van der Waals surface area contributed by atoms with E-state index in [9.17, 15) is 4.39 Å². The van der Waals surface area contributed by atoms with Crippen molar-refractivity contribution in [2.24, 2.45) is 7.05 Å². The van der Waals surface area contributed by atoms with Crippen molar-refractivity contribution < 1.29 is 4.39 Å². The highest BCUT2D eigenvalue weighted by Crippen LogP contribution is 2.18. The smallest absolute Gasteiger partial charge is 0.176 e. The van der Waals surface area contributed by atoms with Crippen LogP contribution in [0.4, 0.5) is 10.2 Å². The van der Waals surface area contributed by atoms with Crippen LogP contribution in [0.15, 0.2) is 18.3 Å². The second-order valence-electron chi connectivity index (χ2n) is 3.36. The molecule has 16 heavy (non-hydrogen) atoms. The van der Waals surface area contributed by atoms with E-state index in [0.717, 1.165) is 27.6 Å². The zero-order chi connectivity index (χ0) is 10.8. The third-order valence-electron chi connectivity index (χ3n) is 2.18. The molecule has 0 saturated carbocycles. The van der Waals surface area contributed by atoms with Crippen molar-refractivity contribution in [2.75, 3.05) is 5.32 Å². The van der Waals surface area contributed by atoms with Crippen molar-refractivity contribution >= 4 is 29.6 Å². The second kappa shape index (κ2) is 5.32. The number of hydrogen-bond acceptors (Lipinski definition) is 3. The van der Waals surface area contributed by atoms with Crippen LogP contribution in [-0.4, -0.2) is 9.78 Å². The molecule has 6 heteroatoms. The fourth-order valence-corrected chi connectivity index (χ4v) is 2.09. The molecule has 0 fully saturated rings. The molecule has 0 aromatic carbocycles. The lowest BCUT2D eigenvalue weighted by Gasteiger charge is -2.05. The first-order valence-corrected chi connectivity index (χ1v) is 5.45. The Balaban J connectivity index is 0.00000128. The topological polar surface area (TPSA) is 29.9 Å². The Labute approximate surface area is 104 Å². The summed E-state index contributed by atoms with van der Waals surface area (Å²) in [6.07, 6.45) is 1.80. The van der Waals surface area contributed by atoms with Gasteiger partial charge in [-0.1, -0.05) is 0 Å². The number of nitrogens with zero attached hydrogens (tertiary/aromatic N) is 2. The number of thiophene rings is 1. The number of aryl methyl sites for hydroxylation is 2. The van der Waals surface area contributed by atoms with Crippen molar-refractivity contribution in [3.8, 4) is 0 Å². The fourth-order valence-electron chi connectivity index (χ4n) is 1.42. The average molecular weight is 262 g/mol. The standard InChI is InChI=1S/C10H12FN3S.ClH/c1-7-5-13-14(2)10(7)12-6-8-3-4-9(11)15-8;/h3-5,12H,6H2,1-2H3;1H. The second-order valence-corrected chi connectivity index (χ2v) is 4.48. The molecule has 0 atom stereocenters. The van der Waals surface area contributed by atoms with Gasteiger partial charge in [0.05, 0.1) is 12.7 Å². The van der Waals surface area contributed by atoms with E-state index in [-0.39, 0.29) is 17.5 Å². The van der Waals surface area contributed by atoms with Gasteiger partial charge in [0.1, 0.15) is 5.82 Å². The Kier molecular flexibility index (Phi) is 4.32.